The minimum atomic E-state index is -0.511. The topological polar surface area (TPSA) is 80.6 Å². The van der Waals surface area contributed by atoms with E-state index in [4.69, 9.17) is 9.15 Å². The fourth-order valence-electron chi connectivity index (χ4n) is 2.78. The largest absolute Gasteiger partial charge is 0.459 e. The van der Waals surface area contributed by atoms with Crippen molar-refractivity contribution in [2.75, 3.05) is 0 Å². The summed E-state index contributed by atoms with van der Waals surface area (Å²) in [5.74, 6) is 0.155. The minimum absolute atomic E-state index is 0.0154. The average molecular weight is 322 g/mol. The highest BCUT2D eigenvalue weighted by Crippen LogP contribution is 2.20. The van der Waals surface area contributed by atoms with Gasteiger partial charge < -0.3 is 19.8 Å². The summed E-state index contributed by atoms with van der Waals surface area (Å²) < 4.78 is 10.5. The third kappa shape index (κ3) is 5.30. The van der Waals surface area contributed by atoms with Gasteiger partial charge in [0.15, 0.2) is 5.76 Å². The first-order valence-electron chi connectivity index (χ1n) is 8.09. The Bertz CT molecular complexity index is 559. The molecule has 2 N–H and O–H groups in total. The number of hydrogen-bond donors (Lipinski definition) is 2. The van der Waals surface area contributed by atoms with Gasteiger partial charge in [0.05, 0.1) is 6.26 Å². The molecule has 6 heteroatoms. The number of furan rings is 1. The molecule has 2 rings (SSSR count). The van der Waals surface area contributed by atoms with Crippen LogP contribution in [0.4, 0.5) is 4.79 Å². The van der Waals surface area contributed by atoms with Crippen LogP contribution in [0.3, 0.4) is 0 Å². The maximum absolute atomic E-state index is 12.2. The highest BCUT2D eigenvalue weighted by atomic mass is 16.6. The van der Waals surface area contributed by atoms with Crippen molar-refractivity contribution in [1.29, 1.82) is 0 Å². The van der Waals surface area contributed by atoms with Crippen LogP contribution in [0.25, 0.3) is 0 Å². The maximum atomic E-state index is 12.2. The zero-order valence-corrected chi connectivity index (χ0v) is 14.3. The van der Waals surface area contributed by atoms with E-state index in [9.17, 15) is 9.59 Å². The average Bonchev–Trinajstić information content (AvgIpc) is 2.83. The van der Waals surface area contributed by atoms with Crippen molar-refractivity contribution in [3.63, 3.8) is 0 Å². The molecule has 23 heavy (non-hydrogen) atoms. The molecule has 2 atom stereocenters. The first kappa shape index (κ1) is 17.4. The van der Waals surface area contributed by atoms with Crippen molar-refractivity contribution in [2.45, 2.75) is 71.1 Å². The number of nitrogens with one attached hydrogen (secondary N) is 2. The van der Waals surface area contributed by atoms with Gasteiger partial charge in [-0.2, -0.15) is 0 Å². The zero-order chi connectivity index (χ0) is 17.0. The first-order valence-corrected chi connectivity index (χ1v) is 8.09. The van der Waals surface area contributed by atoms with Crippen molar-refractivity contribution in [1.82, 2.24) is 10.6 Å². The van der Waals surface area contributed by atoms with Gasteiger partial charge in [0.1, 0.15) is 5.60 Å². The SMILES string of the molecule is Cc1ccoc1C(=O)NC1CCCC(NC(=O)OC(C)(C)C)C1. The second-order valence-electron chi connectivity index (χ2n) is 7.11. The summed E-state index contributed by atoms with van der Waals surface area (Å²) in [5, 5.41) is 5.88. The highest BCUT2D eigenvalue weighted by Gasteiger charge is 2.27. The number of alkyl carbamates (subject to hydrolysis) is 1. The predicted molar refractivity (Wildman–Crippen MR) is 86.3 cm³/mol. The first-order chi connectivity index (χ1) is 10.7. The van der Waals surface area contributed by atoms with Gasteiger partial charge in [0.2, 0.25) is 0 Å². The van der Waals surface area contributed by atoms with Crippen molar-refractivity contribution in [2.24, 2.45) is 0 Å². The molecule has 0 aliphatic heterocycles. The van der Waals surface area contributed by atoms with Gasteiger partial charge in [-0.3, -0.25) is 4.79 Å². The molecule has 0 saturated heterocycles. The van der Waals surface area contributed by atoms with Gasteiger partial charge in [-0.1, -0.05) is 0 Å². The molecule has 0 aromatic carbocycles. The lowest BCUT2D eigenvalue weighted by molar-refractivity contribution is 0.0489. The molecule has 1 aromatic heterocycles. The lowest BCUT2D eigenvalue weighted by atomic mass is 9.91. The van der Waals surface area contributed by atoms with Gasteiger partial charge in [-0.25, -0.2) is 4.79 Å². The molecular weight excluding hydrogens is 296 g/mol. The summed E-state index contributed by atoms with van der Waals surface area (Å²) in [6.07, 6.45) is 4.55. The van der Waals surface area contributed by atoms with Crippen molar-refractivity contribution in [3.8, 4) is 0 Å². The Balaban J connectivity index is 1.85. The molecule has 1 aliphatic carbocycles. The Hall–Kier alpha value is -1.98. The van der Waals surface area contributed by atoms with Crippen LogP contribution in [-0.2, 0) is 4.74 Å². The van der Waals surface area contributed by atoms with Gasteiger partial charge in [-0.05, 0) is 59.4 Å². The number of ether oxygens (including phenoxy) is 1. The van der Waals surface area contributed by atoms with Crippen LogP contribution in [0.15, 0.2) is 16.7 Å². The van der Waals surface area contributed by atoms with Crippen LogP contribution < -0.4 is 10.6 Å². The van der Waals surface area contributed by atoms with E-state index < -0.39 is 11.7 Å². The van der Waals surface area contributed by atoms with Crippen molar-refractivity contribution >= 4 is 12.0 Å². The maximum Gasteiger partial charge on any atom is 0.407 e. The molecule has 0 spiro atoms. The van der Waals surface area contributed by atoms with Crippen LogP contribution >= 0.6 is 0 Å². The molecule has 1 saturated carbocycles. The van der Waals surface area contributed by atoms with Crippen LogP contribution in [0.5, 0.6) is 0 Å². The van der Waals surface area contributed by atoms with Crippen LogP contribution in [0.1, 0.15) is 62.6 Å². The molecule has 1 aliphatic rings. The Kier molecular flexibility index (Phi) is 5.34. The van der Waals surface area contributed by atoms with E-state index >= 15 is 0 Å². The predicted octanol–water partition coefficient (Wildman–Crippen LogP) is 3.15. The van der Waals surface area contributed by atoms with Gasteiger partial charge in [-0.15, -0.1) is 0 Å². The molecule has 1 fully saturated rings. The zero-order valence-electron chi connectivity index (χ0n) is 14.3. The smallest absolute Gasteiger partial charge is 0.407 e. The van der Waals surface area contributed by atoms with Crippen LogP contribution in [0.2, 0.25) is 0 Å². The second kappa shape index (κ2) is 7.06. The standard InChI is InChI=1S/C17H26N2O4/c1-11-8-9-22-14(11)15(20)18-12-6-5-7-13(10-12)19-16(21)23-17(2,3)4/h8-9,12-13H,5-7,10H2,1-4H3,(H,18,20)(H,19,21). The summed E-state index contributed by atoms with van der Waals surface area (Å²) in [7, 11) is 0. The summed E-state index contributed by atoms with van der Waals surface area (Å²) in [5.41, 5.74) is 0.310. The molecule has 128 valence electrons. The summed E-state index contributed by atoms with van der Waals surface area (Å²) in [6.45, 7) is 7.35. The number of carbonyl (C=O) groups is 2. The number of aryl methyl sites for hydroxylation is 1. The fraction of sp³-hybridized carbons (Fsp3) is 0.647. The second-order valence-corrected chi connectivity index (χ2v) is 7.11. The minimum Gasteiger partial charge on any atom is -0.459 e. The lowest BCUT2D eigenvalue weighted by Crippen LogP contribution is -2.46. The summed E-state index contributed by atoms with van der Waals surface area (Å²) in [4.78, 5) is 24.0. The molecular formula is C17H26N2O4. The van der Waals surface area contributed by atoms with Crippen LogP contribution in [0, 0.1) is 6.92 Å². The molecule has 0 bridgehead atoms. The summed E-state index contributed by atoms with van der Waals surface area (Å²) >= 11 is 0. The highest BCUT2D eigenvalue weighted by molar-refractivity contribution is 5.93. The molecule has 6 nitrogen and oxygen atoms in total. The van der Waals surface area contributed by atoms with E-state index in [1.807, 2.05) is 27.7 Å². The van der Waals surface area contributed by atoms with E-state index in [1.54, 1.807) is 6.07 Å². The number of carbonyl (C=O) groups excluding carboxylic acids is 2. The number of hydrogen-bond acceptors (Lipinski definition) is 4. The van der Waals surface area contributed by atoms with E-state index in [1.165, 1.54) is 6.26 Å². The Morgan fingerprint density at radius 2 is 1.87 bits per heavy atom. The quantitative estimate of drug-likeness (QED) is 0.896. The van der Waals surface area contributed by atoms with E-state index in [0.717, 1.165) is 24.8 Å². The third-order valence-electron chi connectivity index (χ3n) is 3.80. The van der Waals surface area contributed by atoms with Crippen LogP contribution in [-0.4, -0.2) is 29.7 Å². The Morgan fingerprint density at radius 1 is 1.22 bits per heavy atom. The Labute approximate surface area is 137 Å². The normalized spacial score (nSPS) is 21.6. The molecule has 0 radical (unpaired) electrons. The monoisotopic (exact) mass is 322 g/mol. The third-order valence-corrected chi connectivity index (χ3v) is 3.80. The van der Waals surface area contributed by atoms with Crippen molar-refractivity contribution in [3.05, 3.63) is 23.7 Å². The number of rotatable bonds is 3. The molecule has 2 unspecified atom stereocenters. The Morgan fingerprint density at radius 3 is 2.43 bits per heavy atom. The van der Waals surface area contributed by atoms with Gasteiger partial charge in [0.25, 0.3) is 5.91 Å². The number of amides is 2. The molecule has 1 aromatic rings. The van der Waals surface area contributed by atoms with Gasteiger partial charge in [0, 0.05) is 17.6 Å². The van der Waals surface area contributed by atoms with Crippen molar-refractivity contribution < 1.29 is 18.7 Å². The fourth-order valence-corrected chi connectivity index (χ4v) is 2.78. The van der Waals surface area contributed by atoms with E-state index in [-0.39, 0.29) is 18.0 Å². The molecule has 2 amide bonds. The van der Waals surface area contributed by atoms with Gasteiger partial charge >= 0.3 is 6.09 Å². The summed E-state index contributed by atoms with van der Waals surface area (Å²) in [6, 6.07) is 1.81. The van der Waals surface area contributed by atoms with E-state index in [0.29, 0.717) is 12.2 Å². The van der Waals surface area contributed by atoms with E-state index in [2.05, 4.69) is 10.6 Å². The molecule has 1 heterocycles. The lowest BCUT2D eigenvalue weighted by Gasteiger charge is -2.31.